The van der Waals surface area contributed by atoms with E-state index >= 15 is 0 Å². The van der Waals surface area contributed by atoms with Gasteiger partial charge in [-0.2, -0.15) is 0 Å². The van der Waals surface area contributed by atoms with Crippen LogP contribution in [-0.2, 0) is 22.6 Å². The van der Waals surface area contributed by atoms with Gasteiger partial charge in [0.25, 0.3) is 5.78 Å². The summed E-state index contributed by atoms with van der Waals surface area (Å²) in [5.41, 5.74) is 3.06. The first kappa shape index (κ1) is 23.9. The van der Waals surface area contributed by atoms with Gasteiger partial charge in [-0.15, -0.1) is 11.3 Å². The normalized spacial score (nSPS) is 19.9. The van der Waals surface area contributed by atoms with Crippen LogP contribution in [0.2, 0.25) is 0 Å². The highest BCUT2D eigenvalue weighted by molar-refractivity contribution is 7.14. The van der Waals surface area contributed by atoms with Crippen LogP contribution in [0.15, 0.2) is 89.9 Å². The molecule has 0 bridgehead atoms. The van der Waals surface area contributed by atoms with E-state index < -0.39 is 17.7 Å². The predicted octanol–water partition coefficient (Wildman–Crippen LogP) is 5.67. The molecule has 2 aliphatic heterocycles. The Bertz CT molecular complexity index is 1550. The number of aromatic nitrogens is 1. The van der Waals surface area contributed by atoms with Crippen molar-refractivity contribution in [2.45, 2.75) is 32.1 Å². The molecule has 0 radical (unpaired) electrons. The second-order valence-corrected chi connectivity index (χ2v) is 10.2. The lowest BCUT2D eigenvalue weighted by molar-refractivity contribution is -0.132. The fourth-order valence-corrected chi connectivity index (χ4v) is 5.59. The van der Waals surface area contributed by atoms with Crippen molar-refractivity contribution in [3.8, 4) is 11.5 Å². The predicted molar refractivity (Wildman–Crippen MR) is 144 cm³/mol. The fraction of sp³-hybridized carbons (Fsp3) is 0.167. The molecule has 3 heterocycles. The largest absolute Gasteiger partial charge is 0.507 e. The molecule has 190 valence electrons. The van der Waals surface area contributed by atoms with E-state index in [1.807, 2.05) is 61.5 Å². The number of thiazole rings is 1. The summed E-state index contributed by atoms with van der Waals surface area (Å²) >= 11 is 1.25. The first-order valence-electron chi connectivity index (χ1n) is 12.3. The van der Waals surface area contributed by atoms with Gasteiger partial charge in [-0.05, 0) is 53.9 Å². The van der Waals surface area contributed by atoms with E-state index in [1.54, 1.807) is 29.8 Å². The summed E-state index contributed by atoms with van der Waals surface area (Å²) in [7, 11) is 0. The van der Waals surface area contributed by atoms with E-state index in [2.05, 4.69) is 4.98 Å². The first-order valence-corrected chi connectivity index (χ1v) is 13.1. The Labute approximate surface area is 223 Å². The van der Waals surface area contributed by atoms with Gasteiger partial charge >= 0.3 is 5.91 Å². The summed E-state index contributed by atoms with van der Waals surface area (Å²) in [6.07, 6.45) is 2.32. The van der Waals surface area contributed by atoms with E-state index in [0.29, 0.717) is 35.0 Å². The average Bonchev–Trinajstić information content (AvgIpc) is 3.65. The molecule has 6 rings (SSSR count). The average molecular weight is 525 g/mol. The molecule has 1 N–H and O–H groups in total. The Kier molecular flexibility index (Phi) is 6.17. The molecular formula is C30H24N2O5S. The topological polar surface area (TPSA) is 89.0 Å². The Morgan fingerprint density at radius 3 is 2.74 bits per heavy atom. The standard InChI is InChI=1S/C30H24N2O5S/c1-18-14-22-15-21(10-11-24(22)37-18)27(33)25-26(32(29(35)28(25)34)30-31-12-13-38-30)20-8-5-9-23(16-20)36-17-19-6-3-2-4-7-19/h2-13,15-16,18,26,33H,14,17H2,1H3/t18-,26+/m0/s1. The molecule has 3 aromatic carbocycles. The number of benzene rings is 3. The number of anilines is 1. The van der Waals surface area contributed by atoms with E-state index in [9.17, 15) is 14.7 Å². The van der Waals surface area contributed by atoms with Crippen LogP contribution >= 0.6 is 11.3 Å². The summed E-state index contributed by atoms with van der Waals surface area (Å²) in [6.45, 7) is 2.35. The van der Waals surface area contributed by atoms with Crippen LogP contribution in [0.3, 0.4) is 0 Å². The molecule has 0 aliphatic carbocycles. The zero-order valence-corrected chi connectivity index (χ0v) is 21.4. The lowest BCUT2D eigenvalue weighted by atomic mass is 9.94. The lowest BCUT2D eigenvalue weighted by Gasteiger charge is -2.23. The number of Topliss-reactive ketones (excluding diaryl/α,β-unsaturated/α-hetero) is 1. The van der Waals surface area contributed by atoms with E-state index in [1.165, 1.54) is 16.2 Å². The number of hydrogen-bond acceptors (Lipinski definition) is 7. The maximum Gasteiger partial charge on any atom is 0.301 e. The van der Waals surface area contributed by atoms with Crippen molar-refractivity contribution in [2.75, 3.05) is 4.90 Å². The van der Waals surface area contributed by atoms with Gasteiger partial charge in [0.1, 0.15) is 30.0 Å². The smallest absolute Gasteiger partial charge is 0.301 e. The summed E-state index contributed by atoms with van der Waals surface area (Å²) in [5.74, 6) is -0.383. The van der Waals surface area contributed by atoms with Crippen LogP contribution in [0.1, 0.15) is 35.2 Å². The fourth-order valence-electron chi connectivity index (χ4n) is 4.92. The molecule has 1 aromatic heterocycles. The maximum absolute atomic E-state index is 13.4. The molecule has 4 aromatic rings. The van der Waals surface area contributed by atoms with Gasteiger partial charge in [0.15, 0.2) is 5.13 Å². The Balaban J connectivity index is 1.42. The van der Waals surface area contributed by atoms with Crippen molar-refractivity contribution in [3.05, 3.63) is 112 Å². The van der Waals surface area contributed by atoms with E-state index in [0.717, 1.165) is 16.9 Å². The number of rotatable bonds is 6. The van der Waals surface area contributed by atoms with Crippen molar-refractivity contribution in [2.24, 2.45) is 0 Å². The molecule has 2 aliphatic rings. The van der Waals surface area contributed by atoms with Crippen LogP contribution in [0.5, 0.6) is 11.5 Å². The minimum atomic E-state index is -0.871. The summed E-state index contributed by atoms with van der Waals surface area (Å²) in [5, 5.41) is 13.6. The number of ketones is 1. The molecule has 0 spiro atoms. The second kappa shape index (κ2) is 9.79. The van der Waals surface area contributed by atoms with Crippen LogP contribution in [0.25, 0.3) is 5.76 Å². The molecule has 1 saturated heterocycles. The number of carbonyl (C=O) groups is 2. The third-order valence-electron chi connectivity index (χ3n) is 6.66. The Hall–Kier alpha value is -4.43. The Morgan fingerprint density at radius 1 is 1.11 bits per heavy atom. The van der Waals surface area contributed by atoms with Crippen molar-refractivity contribution in [1.82, 2.24) is 4.98 Å². The number of nitrogens with zero attached hydrogens (tertiary/aromatic N) is 2. The molecule has 1 fully saturated rings. The zero-order valence-electron chi connectivity index (χ0n) is 20.5. The third-order valence-corrected chi connectivity index (χ3v) is 7.43. The van der Waals surface area contributed by atoms with Crippen LogP contribution in [-0.4, -0.2) is 27.9 Å². The summed E-state index contributed by atoms with van der Waals surface area (Å²) < 4.78 is 11.8. The number of carbonyl (C=O) groups excluding carboxylic acids is 2. The number of fused-ring (bicyclic) bond motifs is 1. The number of aliphatic hydroxyl groups is 1. The summed E-state index contributed by atoms with van der Waals surface area (Å²) in [6, 6.07) is 21.5. The molecule has 38 heavy (non-hydrogen) atoms. The van der Waals surface area contributed by atoms with Crippen molar-refractivity contribution >= 4 is 33.9 Å². The second-order valence-electron chi connectivity index (χ2n) is 9.29. The Morgan fingerprint density at radius 2 is 1.95 bits per heavy atom. The molecule has 1 amide bonds. The minimum Gasteiger partial charge on any atom is -0.507 e. The first-order chi connectivity index (χ1) is 18.5. The highest BCUT2D eigenvalue weighted by Gasteiger charge is 2.48. The maximum atomic E-state index is 13.4. The molecular weight excluding hydrogens is 500 g/mol. The van der Waals surface area contributed by atoms with Gasteiger partial charge in [-0.25, -0.2) is 4.98 Å². The number of ether oxygens (including phenoxy) is 2. The van der Waals surface area contributed by atoms with Gasteiger partial charge in [0.2, 0.25) is 0 Å². The highest BCUT2D eigenvalue weighted by Crippen LogP contribution is 2.44. The zero-order chi connectivity index (χ0) is 26.2. The molecule has 8 heteroatoms. The van der Waals surface area contributed by atoms with Crippen molar-refractivity contribution in [1.29, 1.82) is 0 Å². The number of amides is 1. The van der Waals surface area contributed by atoms with Crippen LogP contribution in [0, 0.1) is 0 Å². The van der Waals surface area contributed by atoms with Crippen molar-refractivity contribution in [3.63, 3.8) is 0 Å². The van der Waals surface area contributed by atoms with Crippen molar-refractivity contribution < 1.29 is 24.2 Å². The SMILES string of the molecule is C[C@H]1Cc2cc(C(O)=C3C(=O)C(=O)N(c4nccs4)[C@@H]3c3cccc(OCc4ccccc4)c3)ccc2O1. The highest BCUT2D eigenvalue weighted by atomic mass is 32.1. The lowest BCUT2D eigenvalue weighted by Crippen LogP contribution is -2.29. The van der Waals surface area contributed by atoms with E-state index in [-0.39, 0.29) is 17.4 Å². The van der Waals surface area contributed by atoms with Crippen LogP contribution in [0.4, 0.5) is 5.13 Å². The van der Waals surface area contributed by atoms with Gasteiger partial charge in [-0.1, -0.05) is 42.5 Å². The third kappa shape index (κ3) is 4.33. The monoisotopic (exact) mass is 524 g/mol. The summed E-state index contributed by atoms with van der Waals surface area (Å²) in [4.78, 5) is 32.4. The number of hydrogen-bond donors (Lipinski definition) is 1. The quantitative estimate of drug-likeness (QED) is 0.199. The van der Waals surface area contributed by atoms with Gasteiger partial charge < -0.3 is 14.6 Å². The molecule has 0 unspecified atom stereocenters. The van der Waals surface area contributed by atoms with E-state index in [4.69, 9.17) is 9.47 Å². The molecule has 2 atom stereocenters. The van der Waals surface area contributed by atoms with Crippen LogP contribution < -0.4 is 14.4 Å². The number of aliphatic hydroxyl groups excluding tert-OH is 1. The van der Waals surface area contributed by atoms with Gasteiger partial charge in [0, 0.05) is 23.6 Å². The van der Waals surface area contributed by atoms with Gasteiger partial charge in [-0.3, -0.25) is 14.5 Å². The minimum absolute atomic E-state index is 0.0114. The van der Waals surface area contributed by atoms with Gasteiger partial charge in [0.05, 0.1) is 11.6 Å². The molecule has 0 saturated carbocycles. The molecule has 7 nitrogen and oxygen atoms in total.